The summed E-state index contributed by atoms with van der Waals surface area (Å²) in [5, 5.41) is 9.53. The van der Waals surface area contributed by atoms with Gasteiger partial charge in [-0.05, 0) is 57.1 Å². The molecule has 0 saturated heterocycles. The summed E-state index contributed by atoms with van der Waals surface area (Å²) in [5.74, 6) is 1.70. The zero-order chi connectivity index (χ0) is 37.5. The molecule has 0 spiro atoms. The zero-order valence-electron chi connectivity index (χ0n) is 30.5. The van der Waals surface area contributed by atoms with Crippen LogP contribution in [-0.2, 0) is 0 Å². The topological polar surface area (TPSA) is 74.3 Å². The third kappa shape index (κ3) is 4.50. The van der Waals surface area contributed by atoms with Crippen LogP contribution in [-0.4, -0.2) is 42.1 Å². The Labute approximate surface area is 328 Å². The molecule has 57 heavy (non-hydrogen) atoms. The molecule has 6 heterocycles. The fourth-order valence-electron chi connectivity index (χ4n) is 9.27. The number of hydrogen-bond acceptors (Lipinski definition) is 5. The van der Waals surface area contributed by atoms with Gasteiger partial charge in [-0.15, -0.1) is 0 Å². The highest BCUT2D eigenvalue weighted by Gasteiger charge is 2.50. The molecule has 0 amide bonds. The number of nitrogens with zero attached hydrogens (tertiary/aromatic N) is 7. The monoisotopic (exact) mass is 745 g/mol. The smallest absolute Gasteiger partial charge is 0.240 e. The molecule has 0 saturated carbocycles. The summed E-state index contributed by atoms with van der Waals surface area (Å²) in [6, 6.07) is 62.3. The molecule has 11 aromatic rings. The lowest BCUT2D eigenvalue weighted by atomic mass is 10.2. The predicted octanol–water partition coefficient (Wildman–Crippen LogP) is 7.88. The van der Waals surface area contributed by atoms with Crippen molar-refractivity contribution in [3.05, 3.63) is 188 Å². The summed E-state index contributed by atoms with van der Waals surface area (Å²) in [4.78, 5) is 26.0. The fraction of sp³-hybridized carbons (Fsp3) is 0. The first kappa shape index (κ1) is 31.8. The number of hydrogen-bond donors (Lipinski definition) is 0. The second-order valence-corrected chi connectivity index (χ2v) is 18.2. The molecule has 0 radical (unpaired) electrons. The van der Waals surface area contributed by atoms with Gasteiger partial charge >= 0.3 is 0 Å². The van der Waals surface area contributed by atoms with Crippen molar-refractivity contribution < 1.29 is 0 Å². The van der Waals surface area contributed by atoms with Crippen LogP contribution < -0.4 is 20.7 Å². The minimum absolute atomic E-state index is 0.555. The van der Waals surface area contributed by atoms with Crippen LogP contribution >= 0.6 is 0 Å². The van der Waals surface area contributed by atoms with Crippen molar-refractivity contribution in [1.82, 2.24) is 34.1 Å². The molecule has 8 heteroatoms. The van der Waals surface area contributed by atoms with E-state index in [1.54, 1.807) is 0 Å². The van der Waals surface area contributed by atoms with E-state index in [1.165, 1.54) is 20.7 Å². The van der Waals surface area contributed by atoms with Crippen molar-refractivity contribution in [2.45, 2.75) is 0 Å². The Morgan fingerprint density at radius 3 is 1.30 bits per heavy atom. The van der Waals surface area contributed by atoms with Crippen molar-refractivity contribution in [3.63, 3.8) is 0 Å². The molecular weight excluding hydrogens is 715 g/mol. The third-order valence-electron chi connectivity index (χ3n) is 11.6. The van der Waals surface area contributed by atoms with Crippen LogP contribution in [0.2, 0.25) is 0 Å². The standard InChI is InChI=1S/C49H31N7Si/c1-2-16-33(17-3-1)57(43-27-13-29-50-45(43)46-44(57)28-14-30-51-46)34-18-12-15-32(31-34)47-52-48(55-39-23-8-4-19-35(39)36-20-5-9-24-40(36)55)54-49(53-47)56-41-25-10-6-21-37(41)38-22-7-11-26-42(38)56/h1-31H. The Hall–Kier alpha value is -7.55. The summed E-state index contributed by atoms with van der Waals surface area (Å²) >= 11 is 0. The average molecular weight is 746 g/mol. The molecule has 1 aliphatic heterocycles. The van der Waals surface area contributed by atoms with Gasteiger partial charge in [-0.1, -0.05) is 140 Å². The van der Waals surface area contributed by atoms with Gasteiger partial charge in [0.2, 0.25) is 11.9 Å². The van der Waals surface area contributed by atoms with E-state index in [-0.39, 0.29) is 0 Å². The minimum Gasteiger partial charge on any atom is -0.278 e. The van der Waals surface area contributed by atoms with Crippen molar-refractivity contribution >= 4 is 72.4 Å². The Morgan fingerprint density at radius 1 is 0.368 bits per heavy atom. The van der Waals surface area contributed by atoms with Crippen LogP contribution in [0.1, 0.15) is 0 Å². The largest absolute Gasteiger partial charge is 0.278 e. The number of fused-ring (bicyclic) bond motifs is 9. The lowest BCUT2D eigenvalue weighted by Gasteiger charge is -2.30. The number of pyridine rings is 2. The molecular formula is C49H31N7Si. The molecule has 5 aromatic heterocycles. The van der Waals surface area contributed by atoms with Crippen LogP contribution in [0.25, 0.3) is 78.3 Å². The van der Waals surface area contributed by atoms with E-state index in [0.717, 1.165) is 60.6 Å². The third-order valence-corrected chi connectivity index (χ3v) is 16.4. The van der Waals surface area contributed by atoms with Crippen molar-refractivity contribution in [3.8, 4) is 34.7 Å². The Bertz CT molecular complexity index is 3100. The van der Waals surface area contributed by atoms with Gasteiger partial charge in [0.15, 0.2) is 13.9 Å². The normalized spacial score (nSPS) is 13.1. The number of rotatable bonds is 5. The van der Waals surface area contributed by atoms with Crippen molar-refractivity contribution in [1.29, 1.82) is 0 Å². The zero-order valence-corrected chi connectivity index (χ0v) is 31.5. The van der Waals surface area contributed by atoms with E-state index >= 15 is 0 Å². The molecule has 0 aliphatic carbocycles. The highest BCUT2D eigenvalue weighted by molar-refractivity contribution is 7.22. The molecule has 7 nitrogen and oxygen atoms in total. The van der Waals surface area contributed by atoms with Crippen LogP contribution in [0, 0.1) is 0 Å². The Kier molecular flexibility index (Phi) is 6.81. The van der Waals surface area contributed by atoms with Crippen LogP contribution in [0.4, 0.5) is 0 Å². The summed E-state index contributed by atoms with van der Waals surface area (Å²) < 4.78 is 4.36. The molecule has 0 N–H and O–H groups in total. The van der Waals surface area contributed by atoms with E-state index in [0.29, 0.717) is 17.7 Å². The van der Waals surface area contributed by atoms with Gasteiger partial charge in [-0.3, -0.25) is 19.1 Å². The van der Waals surface area contributed by atoms with E-state index in [9.17, 15) is 0 Å². The minimum atomic E-state index is -2.88. The average Bonchev–Trinajstić information content (AvgIpc) is 3.91. The van der Waals surface area contributed by atoms with Crippen molar-refractivity contribution in [2.24, 2.45) is 0 Å². The summed E-state index contributed by atoms with van der Waals surface area (Å²) in [5.41, 5.74) is 6.96. The summed E-state index contributed by atoms with van der Waals surface area (Å²) in [6.07, 6.45) is 3.75. The van der Waals surface area contributed by atoms with Gasteiger partial charge in [-0.25, -0.2) is 0 Å². The van der Waals surface area contributed by atoms with Gasteiger partial charge in [0.1, 0.15) is 0 Å². The van der Waals surface area contributed by atoms with Gasteiger partial charge in [-0.2, -0.15) is 15.0 Å². The summed E-state index contributed by atoms with van der Waals surface area (Å²) in [7, 11) is -2.88. The molecule has 0 fully saturated rings. The fourth-order valence-corrected chi connectivity index (χ4v) is 14.3. The quantitative estimate of drug-likeness (QED) is 0.168. The van der Waals surface area contributed by atoms with Gasteiger partial charge < -0.3 is 0 Å². The highest BCUT2D eigenvalue weighted by atomic mass is 28.3. The second-order valence-electron chi connectivity index (χ2n) is 14.5. The van der Waals surface area contributed by atoms with Crippen LogP contribution in [0.3, 0.4) is 0 Å². The first-order chi connectivity index (χ1) is 28.3. The molecule has 6 aromatic carbocycles. The molecule has 0 unspecified atom stereocenters. The molecule has 1 aliphatic rings. The molecule has 12 rings (SSSR count). The number of para-hydroxylation sites is 4. The maximum Gasteiger partial charge on any atom is 0.240 e. The Morgan fingerprint density at radius 2 is 0.807 bits per heavy atom. The summed E-state index contributed by atoms with van der Waals surface area (Å²) in [6.45, 7) is 0. The first-order valence-electron chi connectivity index (χ1n) is 19.1. The Balaban J connectivity index is 1.16. The number of benzene rings is 6. The predicted molar refractivity (Wildman–Crippen MR) is 232 cm³/mol. The first-order valence-corrected chi connectivity index (χ1v) is 21.1. The molecule has 0 bridgehead atoms. The van der Waals surface area contributed by atoms with E-state index in [1.807, 2.05) is 12.4 Å². The highest BCUT2D eigenvalue weighted by Crippen LogP contribution is 2.34. The maximum atomic E-state index is 5.39. The van der Waals surface area contributed by atoms with Gasteiger partial charge in [0.25, 0.3) is 0 Å². The number of aromatic nitrogens is 7. The van der Waals surface area contributed by atoms with E-state index in [4.69, 9.17) is 24.9 Å². The van der Waals surface area contributed by atoms with Gasteiger partial charge in [0.05, 0.1) is 33.5 Å². The van der Waals surface area contributed by atoms with Gasteiger partial charge in [0, 0.05) is 39.5 Å². The van der Waals surface area contributed by atoms with Crippen LogP contribution in [0.5, 0.6) is 0 Å². The van der Waals surface area contributed by atoms with Crippen molar-refractivity contribution in [2.75, 3.05) is 0 Å². The SMILES string of the molecule is c1ccc([Si]2(c3cccc(-c4nc(-n5c6ccccc6c6ccccc65)nc(-n5c6ccccc6c6ccccc65)n4)c3)c3cccnc3-c3ncccc32)cc1. The lowest BCUT2D eigenvalue weighted by Crippen LogP contribution is -2.72. The van der Waals surface area contributed by atoms with E-state index in [2.05, 4.69) is 185 Å². The molecule has 0 atom stereocenters. The van der Waals surface area contributed by atoms with E-state index < -0.39 is 8.07 Å². The maximum absolute atomic E-state index is 5.39. The van der Waals surface area contributed by atoms with Crippen LogP contribution in [0.15, 0.2) is 188 Å². The molecule has 266 valence electrons. The second kappa shape index (κ2) is 12.2. The lowest BCUT2D eigenvalue weighted by molar-refractivity contribution is 0.893.